The highest BCUT2D eigenvalue weighted by atomic mass is 79.9. The zero-order chi connectivity index (χ0) is 26.9. The lowest BCUT2D eigenvalue weighted by Crippen LogP contribution is -2.34. The van der Waals surface area contributed by atoms with Gasteiger partial charge in [0.15, 0.2) is 0 Å². The van der Waals surface area contributed by atoms with E-state index in [4.69, 9.17) is 0 Å². The SMILES string of the molecule is CCCCN(CCCC)CCCN1C(=O)C(=O)C(=C(O)c2ccc(Br)cc2)[C@@H]1c1ccc([N+](=O)[O-])cc1. The first-order valence-electron chi connectivity index (χ1n) is 12.8. The van der Waals surface area contributed by atoms with Crippen LogP contribution in [0.25, 0.3) is 5.76 Å². The van der Waals surface area contributed by atoms with Crippen molar-refractivity contribution in [3.63, 3.8) is 0 Å². The van der Waals surface area contributed by atoms with Crippen LogP contribution in [0.2, 0.25) is 0 Å². The molecule has 1 amide bonds. The molecule has 0 spiro atoms. The van der Waals surface area contributed by atoms with Crippen molar-refractivity contribution in [2.45, 2.75) is 52.0 Å². The molecule has 1 aliphatic heterocycles. The van der Waals surface area contributed by atoms with E-state index in [2.05, 4.69) is 34.7 Å². The molecular formula is C28H34BrN3O5. The van der Waals surface area contributed by atoms with Crippen LogP contribution >= 0.6 is 15.9 Å². The molecule has 0 bridgehead atoms. The molecule has 1 aliphatic rings. The van der Waals surface area contributed by atoms with Gasteiger partial charge in [0.2, 0.25) is 0 Å². The van der Waals surface area contributed by atoms with Crippen molar-refractivity contribution in [1.82, 2.24) is 9.80 Å². The number of unbranched alkanes of at least 4 members (excludes halogenated alkanes) is 2. The van der Waals surface area contributed by atoms with Crippen LogP contribution in [0.3, 0.4) is 0 Å². The van der Waals surface area contributed by atoms with Gasteiger partial charge in [0.1, 0.15) is 5.76 Å². The Bertz CT molecular complexity index is 1120. The van der Waals surface area contributed by atoms with Crippen molar-refractivity contribution in [2.75, 3.05) is 26.2 Å². The summed E-state index contributed by atoms with van der Waals surface area (Å²) < 4.78 is 0.812. The van der Waals surface area contributed by atoms with Gasteiger partial charge in [0.05, 0.1) is 16.5 Å². The second-order valence-electron chi connectivity index (χ2n) is 9.25. The number of carbonyl (C=O) groups is 2. The third-order valence-corrected chi connectivity index (χ3v) is 7.14. The van der Waals surface area contributed by atoms with Crippen LogP contribution in [0, 0.1) is 10.1 Å². The minimum atomic E-state index is -0.829. The zero-order valence-corrected chi connectivity index (χ0v) is 22.9. The minimum Gasteiger partial charge on any atom is -0.507 e. The number of nitro benzene ring substituents is 1. The molecule has 0 saturated carbocycles. The van der Waals surface area contributed by atoms with Gasteiger partial charge in [0.25, 0.3) is 17.4 Å². The first kappa shape index (κ1) is 28.5. The summed E-state index contributed by atoms with van der Waals surface area (Å²) in [5, 5.41) is 22.3. The number of ketones is 1. The number of hydrogen-bond donors (Lipinski definition) is 1. The highest BCUT2D eigenvalue weighted by molar-refractivity contribution is 9.10. The van der Waals surface area contributed by atoms with Gasteiger partial charge in [-0.3, -0.25) is 19.7 Å². The van der Waals surface area contributed by atoms with Gasteiger partial charge in [-0.25, -0.2) is 0 Å². The van der Waals surface area contributed by atoms with Gasteiger partial charge in [-0.05, 0) is 68.7 Å². The number of likely N-dealkylation sites (tertiary alicyclic amines) is 1. The molecule has 198 valence electrons. The number of rotatable bonds is 13. The van der Waals surface area contributed by atoms with Gasteiger partial charge >= 0.3 is 0 Å². The van der Waals surface area contributed by atoms with E-state index < -0.39 is 22.7 Å². The van der Waals surface area contributed by atoms with Crippen LogP contribution in [0.1, 0.15) is 63.1 Å². The molecule has 1 atom stereocenters. The predicted octanol–water partition coefficient (Wildman–Crippen LogP) is 6.07. The van der Waals surface area contributed by atoms with Crippen LogP contribution in [0.4, 0.5) is 5.69 Å². The number of aliphatic hydroxyl groups is 1. The number of hydrogen-bond acceptors (Lipinski definition) is 6. The van der Waals surface area contributed by atoms with E-state index in [0.717, 1.165) is 49.8 Å². The van der Waals surface area contributed by atoms with Crippen molar-refractivity contribution in [2.24, 2.45) is 0 Å². The highest BCUT2D eigenvalue weighted by Gasteiger charge is 2.45. The monoisotopic (exact) mass is 571 g/mol. The summed E-state index contributed by atoms with van der Waals surface area (Å²) in [5.41, 5.74) is 0.863. The van der Waals surface area contributed by atoms with Crippen LogP contribution in [0.5, 0.6) is 0 Å². The molecule has 9 heteroatoms. The molecular weight excluding hydrogens is 538 g/mol. The standard InChI is InChI=1S/C28H34BrN3O5/c1-3-5-16-30(17-6-4-2)18-7-19-31-25(20-10-14-23(15-11-20)32(36)37)24(27(34)28(31)35)26(33)21-8-12-22(29)13-9-21/h8-15,25,33H,3-7,16-19H2,1-2H3/t25-/m0/s1. The van der Waals surface area contributed by atoms with Crippen molar-refractivity contribution < 1.29 is 19.6 Å². The molecule has 8 nitrogen and oxygen atoms in total. The molecule has 0 radical (unpaired) electrons. The van der Waals surface area contributed by atoms with E-state index in [1.54, 1.807) is 36.4 Å². The van der Waals surface area contributed by atoms with E-state index in [-0.39, 0.29) is 17.0 Å². The fourth-order valence-corrected chi connectivity index (χ4v) is 4.83. The van der Waals surface area contributed by atoms with Gasteiger partial charge in [-0.15, -0.1) is 0 Å². The quantitative estimate of drug-likeness (QED) is 0.103. The molecule has 37 heavy (non-hydrogen) atoms. The summed E-state index contributed by atoms with van der Waals surface area (Å²) in [5.74, 6) is -1.68. The topological polar surface area (TPSA) is 104 Å². The Morgan fingerprint density at radius 3 is 2.08 bits per heavy atom. The number of amides is 1. The maximum atomic E-state index is 13.2. The molecule has 0 aliphatic carbocycles. The molecule has 1 fully saturated rings. The van der Waals surface area contributed by atoms with Crippen LogP contribution in [0.15, 0.2) is 58.6 Å². The Morgan fingerprint density at radius 1 is 0.973 bits per heavy atom. The second-order valence-corrected chi connectivity index (χ2v) is 10.2. The normalized spacial score (nSPS) is 17.1. The fourth-order valence-electron chi connectivity index (χ4n) is 4.56. The number of nitro groups is 1. The summed E-state index contributed by atoms with van der Waals surface area (Å²) in [4.78, 5) is 40.9. The number of non-ortho nitro benzene ring substituents is 1. The number of carbonyl (C=O) groups excluding carboxylic acids is 2. The lowest BCUT2D eigenvalue weighted by molar-refractivity contribution is -0.384. The summed E-state index contributed by atoms with van der Waals surface area (Å²) in [7, 11) is 0. The van der Waals surface area contributed by atoms with Gasteiger partial charge in [-0.2, -0.15) is 0 Å². The lowest BCUT2D eigenvalue weighted by atomic mass is 9.95. The Morgan fingerprint density at radius 2 is 1.54 bits per heavy atom. The van der Waals surface area contributed by atoms with Crippen molar-refractivity contribution in [1.29, 1.82) is 0 Å². The average Bonchev–Trinajstić information content (AvgIpc) is 3.15. The molecule has 0 unspecified atom stereocenters. The van der Waals surface area contributed by atoms with Crippen molar-refractivity contribution in [3.05, 3.63) is 79.8 Å². The van der Waals surface area contributed by atoms with Crippen LogP contribution in [-0.4, -0.2) is 57.7 Å². The number of halogens is 1. The van der Waals surface area contributed by atoms with E-state index in [1.165, 1.54) is 17.0 Å². The van der Waals surface area contributed by atoms with Crippen molar-refractivity contribution in [3.8, 4) is 0 Å². The summed E-state index contributed by atoms with van der Waals surface area (Å²) in [6.45, 7) is 7.43. The summed E-state index contributed by atoms with van der Waals surface area (Å²) in [6.07, 6.45) is 5.08. The van der Waals surface area contributed by atoms with Crippen molar-refractivity contribution >= 4 is 39.1 Å². The highest BCUT2D eigenvalue weighted by Crippen LogP contribution is 2.40. The summed E-state index contributed by atoms with van der Waals surface area (Å²) >= 11 is 3.36. The van der Waals surface area contributed by atoms with E-state index in [9.17, 15) is 24.8 Å². The maximum Gasteiger partial charge on any atom is 0.295 e. The Balaban J connectivity index is 1.94. The molecule has 2 aromatic carbocycles. The van der Waals surface area contributed by atoms with Crippen LogP contribution in [-0.2, 0) is 9.59 Å². The van der Waals surface area contributed by atoms with Gasteiger partial charge in [0, 0.05) is 28.7 Å². The molecule has 2 aromatic rings. The average molecular weight is 573 g/mol. The third kappa shape index (κ3) is 7.05. The largest absolute Gasteiger partial charge is 0.507 e. The van der Waals surface area contributed by atoms with Gasteiger partial charge < -0.3 is 14.9 Å². The Labute approximate surface area is 226 Å². The van der Waals surface area contributed by atoms with E-state index in [0.29, 0.717) is 24.1 Å². The zero-order valence-electron chi connectivity index (χ0n) is 21.4. The maximum absolute atomic E-state index is 13.2. The number of Topliss-reactive ketones (excluding diaryl/α,β-unsaturated/α-hetero) is 1. The number of benzene rings is 2. The van der Waals surface area contributed by atoms with Crippen LogP contribution < -0.4 is 0 Å². The smallest absolute Gasteiger partial charge is 0.295 e. The molecule has 3 rings (SSSR count). The molecule has 1 N–H and O–H groups in total. The first-order chi connectivity index (χ1) is 17.8. The van der Waals surface area contributed by atoms with Gasteiger partial charge in [-0.1, -0.05) is 54.8 Å². The summed E-state index contributed by atoms with van der Waals surface area (Å²) in [6, 6.07) is 11.8. The number of nitrogens with zero attached hydrogens (tertiary/aromatic N) is 3. The van der Waals surface area contributed by atoms with E-state index >= 15 is 0 Å². The number of aliphatic hydroxyl groups excluding tert-OH is 1. The fraction of sp³-hybridized carbons (Fsp3) is 0.429. The Kier molecular flexibility index (Phi) is 10.4. The lowest BCUT2D eigenvalue weighted by Gasteiger charge is -2.27. The second kappa shape index (κ2) is 13.5. The predicted molar refractivity (Wildman–Crippen MR) is 147 cm³/mol. The molecule has 0 aromatic heterocycles. The molecule has 1 saturated heterocycles. The third-order valence-electron chi connectivity index (χ3n) is 6.61. The van der Waals surface area contributed by atoms with E-state index in [1.807, 2.05) is 0 Å². The minimum absolute atomic E-state index is 0.00463. The Hall–Kier alpha value is -3.04. The molecule has 1 heterocycles. The first-order valence-corrected chi connectivity index (χ1v) is 13.6.